The van der Waals surface area contributed by atoms with Crippen molar-refractivity contribution in [2.75, 3.05) is 40.9 Å². The molecule has 0 bridgehead atoms. The number of carbonyl (C=O) groups is 1. The smallest absolute Gasteiger partial charge is 0.387 e. The number of amides is 1. The van der Waals surface area contributed by atoms with E-state index in [1.165, 1.54) is 141 Å². The topological polar surface area (TPSA) is 105 Å². The van der Waals surface area contributed by atoms with Crippen molar-refractivity contribution in [1.29, 1.82) is 0 Å². The first-order valence-electron chi connectivity index (χ1n) is 25.2. The number of phosphoric acid groups is 1. The highest BCUT2D eigenvalue weighted by Crippen LogP contribution is 2.43. The van der Waals surface area contributed by atoms with E-state index in [9.17, 15) is 19.4 Å². The van der Waals surface area contributed by atoms with Gasteiger partial charge in [0.15, 0.2) is 0 Å². The molecule has 1 amide bonds. The van der Waals surface area contributed by atoms with Gasteiger partial charge in [0.25, 0.3) is 0 Å². The number of aliphatic hydroxyl groups is 1. The SMILES string of the molecule is CCCCCC/C=C/CC/C=C/CC/C=C/C(O)C(COP(=O)(O)OCC[N+](C)(C)C)NC(=O)CCCCCCCCCCC/C=C\C/C=C\CCCCCCCCCCC. The Labute approximate surface area is 377 Å². The molecule has 8 nitrogen and oxygen atoms in total. The lowest BCUT2D eigenvalue weighted by atomic mass is 10.1. The molecule has 0 aliphatic rings. The number of phosphoric ester groups is 1. The van der Waals surface area contributed by atoms with Gasteiger partial charge >= 0.3 is 7.82 Å². The Morgan fingerprint density at radius 2 is 0.951 bits per heavy atom. The van der Waals surface area contributed by atoms with Crippen LogP contribution < -0.4 is 5.32 Å². The number of aliphatic hydroxyl groups excluding tert-OH is 1. The molecule has 0 aliphatic carbocycles. The third-order valence-corrected chi connectivity index (χ3v) is 11.9. The Morgan fingerprint density at radius 1 is 0.557 bits per heavy atom. The second-order valence-corrected chi connectivity index (χ2v) is 19.6. The summed E-state index contributed by atoms with van der Waals surface area (Å²) in [5, 5.41) is 13.8. The van der Waals surface area contributed by atoms with Crippen molar-refractivity contribution in [1.82, 2.24) is 5.32 Å². The average molecular weight is 878 g/mol. The minimum absolute atomic E-state index is 0.0506. The number of hydrogen-bond donors (Lipinski definition) is 3. The molecule has 0 aromatic rings. The molecule has 61 heavy (non-hydrogen) atoms. The predicted octanol–water partition coefficient (Wildman–Crippen LogP) is 14.6. The maximum Gasteiger partial charge on any atom is 0.472 e. The first-order valence-corrected chi connectivity index (χ1v) is 26.7. The van der Waals surface area contributed by atoms with Gasteiger partial charge in [0.1, 0.15) is 13.2 Å². The molecule has 0 aliphatic heterocycles. The molecule has 3 unspecified atom stereocenters. The lowest BCUT2D eigenvalue weighted by molar-refractivity contribution is -0.870. The summed E-state index contributed by atoms with van der Waals surface area (Å²) in [5.41, 5.74) is 0. The molecule has 9 heteroatoms. The fourth-order valence-corrected chi connectivity index (χ4v) is 7.66. The third kappa shape index (κ3) is 46.0. The number of rotatable bonds is 45. The molecule has 0 rings (SSSR count). The Balaban J connectivity index is 4.31. The van der Waals surface area contributed by atoms with Crippen molar-refractivity contribution in [3.63, 3.8) is 0 Å². The molecule has 0 aromatic carbocycles. The van der Waals surface area contributed by atoms with Crippen LogP contribution in [0.4, 0.5) is 0 Å². The molecular weight excluding hydrogens is 780 g/mol. The highest BCUT2D eigenvalue weighted by atomic mass is 31.2. The lowest BCUT2D eigenvalue weighted by Gasteiger charge is -2.25. The normalized spacial score (nSPS) is 14.7. The summed E-state index contributed by atoms with van der Waals surface area (Å²) in [6, 6.07) is -0.873. The van der Waals surface area contributed by atoms with Crippen LogP contribution in [-0.2, 0) is 18.4 Å². The highest BCUT2D eigenvalue weighted by molar-refractivity contribution is 7.47. The van der Waals surface area contributed by atoms with Gasteiger partial charge in [-0.1, -0.05) is 190 Å². The van der Waals surface area contributed by atoms with Gasteiger partial charge in [-0.3, -0.25) is 13.8 Å². The summed E-state index contributed by atoms with van der Waals surface area (Å²) >= 11 is 0. The first-order chi connectivity index (χ1) is 29.5. The first kappa shape index (κ1) is 59.2. The minimum atomic E-state index is -4.35. The van der Waals surface area contributed by atoms with Gasteiger partial charge in [0.2, 0.25) is 5.91 Å². The molecule has 0 aromatic heterocycles. The molecule has 3 atom stereocenters. The molecule has 0 heterocycles. The van der Waals surface area contributed by atoms with E-state index in [0.29, 0.717) is 17.4 Å². The number of likely N-dealkylation sites (N-methyl/N-ethyl adjacent to an activating group) is 1. The summed E-state index contributed by atoms with van der Waals surface area (Å²) < 4.78 is 23.6. The van der Waals surface area contributed by atoms with E-state index in [1.807, 2.05) is 27.2 Å². The van der Waals surface area contributed by atoms with E-state index in [1.54, 1.807) is 6.08 Å². The average Bonchev–Trinajstić information content (AvgIpc) is 3.21. The van der Waals surface area contributed by atoms with E-state index in [0.717, 1.165) is 51.4 Å². The zero-order valence-corrected chi connectivity index (χ0v) is 41.3. The van der Waals surface area contributed by atoms with Crippen molar-refractivity contribution in [2.24, 2.45) is 0 Å². The van der Waals surface area contributed by atoms with Crippen LogP contribution in [0.1, 0.15) is 213 Å². The van der Waals surface area contributed by atoms with Crippen molar-refractivity contribution in [3.05, 3.63) is 60.8 Å². The van der Waals surface area contributed by atoms with Crippen molar-refractivity contribution in [3.8, 4) is 0 Å². The van der Waals surface area contributed by atoms with E-state index < -0.39 is 20.0 Å². The van der Waals surface area contributed by atoms with Crippen LogP contribution in [0.25, 0.3) is 0 Å². The number of nitrogens with zero attached hydrogens (tertiary/aromatic N) is 1. The van der Waals surface area contributed by atoms with Crippen LogP contribution in [0, 0.1) is 0 Å². The summed E-state index contributed by atoms with van der Waals surface area (Å²) in [6.07, 6.45) is 57.4. The minimum Gasteiger partial charge on any atom is -0.387 e. The zero-order chi connectivity index (χ0) is 45.0. The van der Waals surface area contributed by atoms with Gasteiger partial charge < -0.3 is 19.8 Å². The molecule has 356 valence electrons. The third-order valence-electron chi connectivity index (χ3n) is 10.9. The van der Waals surface area contributed by atoms with Gasteiger partial charge in [-0.25, -0.2) is 4.57 Å². The van der Waals surface area contributed by atoms with Crippen molar-refractivity contribution >= 4 is 13.7 Å². The molecule has 0 saturated carbocycles. The van der Waals surface area contributed by atoms with Crippen LogP contribution in [0.3, 0.4) is 0 Å². The standard InChI is InChI=1S/C52H97N2O6P/c1-6-8-10-12-14-16-18-20-22-23-24-25-26-27-28-29-30-31-32-34-36-38-40-42-44-46-52(56)53-50(49-60-61(57,58)59-48-47-54(3,4)5)51(55)45-43-41-39-37-35-33-21-19-17-15-13-11-9-7-2/h17,19,24-25,27-28,35,37,43,45,50-51,55H,6-16,18,20-23,26,29-34,36,38-42,44,46-49H2,1-5H3,(H-,53,56,57,58)/p+1/b19-17+,25-24-,28-27-,37-35+,45-43+. The largest absolute Gasteiger partial charge is 0.472 e. The lowest BCUT2D eigenvalue weighted by Crippen LogP contribution is -2.45. The van der Waals surface area contributed by atoms with E-state index in [4.69, 9.17) is 9.05 Å². The summed E-state index contributed by atoms with van der Waals surface area (Å²) in [5.74, 6) is -0.197. The fraction of sp³-hybridized carbons (Fsp3) is 0.788. The van der Waals surface area contributed by atoms with Crippen LogP contribution in [0.15, 0.2) is 60.8 Å². The van der Waals surface area contributed by atoms with Crippen LogP contribution >= 0.6 is 7.82 Å². The predicted molar refractivity (Wildman–Crippen MR) is 263 cm³/mol. The second-order valence-electron chi connectivity index (χ2n) is 18.2. The Bertz CT molecular complexity index is 1180. The highest BCUT2D eigenvalue weighted by Gasteiger charge is 2.27. The summed E-state index contributed by atoms with van der Waals surface area (Å²) in [7, 11) is 1.54. The number of allylic oxidation sites excluding steroid dienone is 9. The van der Waals surface area contributed by atoms with Gasteiger partial charge in [-0.2, -0.15) is 0 Å². The number of unbranched alkanes of at least 4 members (excludes halogenated alkanes) is 24. The second kappa shape index (κ2) is 43.5. The Hall–Kier alpha value is -1.80. The van der Waals surface area contributed by atoms with Crippen molar-refractivity contribution < 1.29 is 32.9 Å². The summed E-state index contributed by atoms with van der Waals surface area (Å²) in [4.78, 5) is 23.2. The van der Waals surface area contributed by atoms with Crippen LogP contribution in [-0.4, -0.2) is 73.4 Å². The Morgan fingerprint density at radius 3 is 1.43 bits per heavy atom. The molecule has 0 spiro atoms. The molecule has 0 saturated heterocycles. The number of quaternary nitrogens is 1. The number of nitrogens with one attached hydrogen (secondary N) is 1. The molecule has 0 radical (unpaired) electrons. The fourth-order valence-electron chi connectivity index (χ4n) is 6.93. The van der Waals surface area contributed by atoms with E-state index in [-0.39, 0.29) is 19.1 Å². The Kier molecular flexibility index (Phi) is 42.2. The van der Waals surface area contributed by atoms with E-state index in [2.05, 4.69) is 67.8 Å². The van der Waals surface area contributed by atoms with Crippen LogP contribution in [0.5, 0.6) is 0 Å². The van der Waals surface area contributed by atoms with Gasteiger partial charge in [0, 0.05) is 6.42 Å². The molecule has 0 fully saturated rings. The maximum atomic E-state index is 12.9. The summed E-state index contributed by atoms with van der Waals surface area (Å²) in [6.45, 7) is 4.75. The number of carbonyl (C=O) groups excluding carboxylic acids is 1. The van der Waals surface area contributed by atoms with Crippen molar-refractivity contribution in [2.45, 2.75) is 225 Å². The van der Waals surface area contributed by atoms with Crippen LogP contribution in [0.2, 0.25) is 0 Å². The zero-order valence-electron chi connectivity index (χ0n) is 40.4. The number of hydrogen-bond acceptors (Lipinski definition) is 5. The quantitative estimate of drug-likeness (QED) is 0.0244. The van der Waals surface area contributed by atoms with Gasteiger partial charge in [0.05, 0.1) is 39.9 Å². The monoisotopic (exact) mass is 878 g/mol. The molecular formula is C52H98N2O6P+. The molecule has 3 N–H and O–H groups in total. The van der Waals surface area contributed by atoms with Gasteiger partial charge in [-0.15, -0.1) is 0 Å². The van der Waals surface area contributed by atoms with Gasteiger partial charge in [-0.05, 0) is 77.0 Å². The van der Waals surface area contributed by atoms with E-state index >= 15 is 0 Å². The maximum absolute atomic E-state index is 12.9.